The van der Waals surface area contributed by atoms with E-state index < -0.39 is 6.03 Å². The number of benzene rings is 1. The van der Waals surface area contributed by atoms with Crippen molar-refractivity contribution in [1.82, 2.24) is 20.6 Å². The summed E-state index contributed by atoms with van der Waals surface area (Å²) < 4.78 is 0. The molecule has 1 aromatic heterocycles. The second-order valence-electron chi connectivity index (χ2n) is 4.26. The summed E-state index contributed by atoms with van der Waals surface area (Å²) in [4.78, 5) is 30.2. The molecule has 0 spiro atoms. The Morgan fingerprint density at radius 1 is 1.40 bits per heavy atom. The highest BCUT2D eigenvalue weighted by Gasteiger charge is 2.09. The Bertz CT molecular complexity index is 638. The van der Waals surface area contributed by atoms with Crippen molar-refractivity contribution in [1.29, 1.82) is 0 Å². The lowest BCUT2D eigenvalue weighted by molar-refractivity contribution is -0.117. The lowest BCUT2D eigenvalue weighted by atomic mass is 10.2. The molecule has 3 N–H and O–H groups in total. The van der Waals surface area contributed by atoms with E-state index >= 15 is 0 Å². The van der Waals surface area contributed by atoms with Gasteiger partial charge in [0.25, 0.3) is 0 Å². The average molecular weight is 292 g/mol. The zero-order chi connectivity index (χ0) is 14.5. The molecule has 7 heteroatoms. The second-order valence-corrected chi connectivity index (χ2v) is 5.22. The Hall–Kier alpha value is -2.02. The fourth-order valence-electron chi connectivity index (χ4n) is 1.67. The van der Waals surface area contributed by atoms with E-state index in [1.165, 1.54) is 11.8 Å². The number of aromatic amines is 1. The number of thioether (sulfide) groups is 1. The van der Waals surface area contributed by atoms with Crippen LogP contribution in [0.2, 0.25) is 0 Å². The van der Waals surface area contributed by atoms with Crippen molar-refractivity contribution in [3.05, 3.63) is 23.8 Å². The molecule has 3 amide bonds. The largest absolute Gasteiger partial charge is 0.338 e. The first-order chi connectivity index (χ1) is 9.58. The van der Waals surface area contributed by atoms with E-state index in [-0.39, 0.29) is 11.7 Å². The molecule has 0 aliphatic carbocycles. The Kier molecular flexibility index (Phi) is 4.62. The van der Waals surface area contributed by atoms with Crippen molar-refractivity contribution < 1.29 is 9.59 Å². The predicted octanol–water partition coefficient (Wildman–Crippen LogP) is 1.81. The monoisotopic (exact) mass is 292 g/mol. The topological polar surface area (TPSA) is 86.9 Å². The number of H-pyrrole nitrogens is 1. The minimum atomic E-state index is -0.474. The molecule has 0 atom stereocenters. The highest BCUT2D eigenvalue weighted by atomic mass is 32.2. The molecule has 0 fully saturated rings. The van der Waals surface area contributed by atoms with Crippen LogP contribution in [0.25, 0.3) is 11.0 Å². The summed E-state index contributed by atoms with van der Waals surface area (Å²) in [5.74, 6) is -0.215. The summed E-state index contributed by atoms with van der Waals surface area (Å²) in [5.41, 5.74) is 2.95. The number of imide groups is 1. The van der Waals surface area contributed by atoms with Crippen LogP contribution in [0.1, 0.15) is 12.5 Å². The summed E-state index contributed by atoms with van der Waals surface area (Å²) in [6, 6.07) is 5.44. The number of nitrogens with one attached hydrogen (secondary N) is 3. The van der Waals surface area contributed by atoms with E-state index in [9.17, 15) is 9.59 Å². The first-order valence-corrected chi connectivity index (χ1v) is 7.24. The van der Waals surface area contributed by atoms with Crippen LogP contribution in [0, 0.1) is 6.92 Å². The molecular weight excluding hydrogens is 276 g/mol. The molecule has 1 heterocycles. The van der Waals surface area contributed by atoms with Gasteiger partial charge in [0.05, 0.1) is 16.8 Å². The van der Waals surface area contributed by atoms with Gasteiger partial charge in [-0.05, 0) is 31.5 Å². The summed E-state index contributed by atoms with van der Waals surface area (Å²) in [5, 5.41) is 5.40. The second kappa shape index (κ2) is 6.42. The number of hydrogen-bond acceptors (Lipinski definition) is 4. The SMILES string of the molecule is CCNC(=O)NC(=O)CSc1nc2ccc(C)cc2[nH]1. The maximum absolute atomic E-state index is 11.5. The molecule has 1 aromatic carbocycles. The van der Waals surface area contributed by atoms with E-state index in [0.717, 1.165) is 16.6 Å². The smallest absolute Gasteiger partial charge is 0.321 e. The van der Waals surface area contributed by atoms with Crippen LogP contribution in [0.4, 0.5) is 4.79 Å². The Balaban J connectivity index is 1.92. The summed E-state index contributed by atoms with van der Waals surface area (Å²) >= 11 is 1.26. The molecule has 2 rings (SSSR count). The average Bonchev–Trinajstić information content (AvgIpc) is 2.78. The number of amides is 3. The van der Waals surface area contributed by atoms with Crippen LogP contribution in [0.15, 0.2) is 23.4 Å². The van der Waals surface area contributed by atoms with Gasteiger partial charge in [-0.2, -0.15) is 0 Å². The van der Waals surface area contributed by atoms with Gasteiger partial charge in [0.15, 0.2) is 5.16 Å². The third-order valence-corrected chi connectivity index (χ3v) is 3.42. The number of carbonyl (C=O) groups is 2. The van der Waals surface area contributed by atoms with Gasteiger partial charge in [-0.25, -0.2) is 9.78 Å². The number of fused-ring (bicyclic) bond motifs is 1. The summed E-state index contributed by atoms with van der Waals surface area (Å²) in [6.07, 6.45) is 0. The van der Waals surface area contributed by atoms with Gasteiger partial charge in [0.1, 0.15) is 0 Å². The van der Waals surface area contributed by atoms with Gasteiger partial charge in [0.2, 0.25) is 5.91 Å². The van der Waals surface area contributed by atoms with E-state index in [2.05, 4.69) is 20.6 Å². The minimum Gasteiger partial charge on any atom is -0.338 e. The molecule has 0 aliphatic rings. The minimum absolute atomic E-state index is 0.135. The van der Waals surface area contributed by atoms with E-state index in [0.29, 0.717) is 11.7 Å². The molecule has 2 aromatic rings. The normalized spacial score (nSPS) is 10.5. The number of urea groups is 1. The maximum Gasteiger partial charge on any atom is 0.321 e. The number of carbonyl (C=O) groups excluding carboxylic acids is 2. The van der Waals surface area contributed by atoms with E-state index in [1.807, 2.05) is 25.1 Å². The quantitative estimate of drug-likeness (QED) is 0.750. The molecule has 0 bridgehead atoms. The first-order valence-electron chi connectivity index (χ1n) is 6.25. The Morgan fingerprint density at radius 2 is 2.20 bits per heavy atom. The number of rotatable bonds is 4. The number of imidazole rings is 1. The van der Waals surface area contributed by atoms with Crippen molar-refractivity contribution >= 4 is 34.7 Å². The Labute approximate surface area is 120 Å². The highest BCUT2D eigenvalue weighted by Crippen LogP contribution is 2.19. The third-order valence-electron chi connectivity index (χ3n) is 2.55. The number of aryl methyl sites for hydroxylation is 1. The van der Waals surface area contributed by atoms with Crippen LogP contribution in [-0.4, -0.2) is 34.2 Å². The number of aromatic nitrogens is 2. The highest BCUT2D eigenvalue weighted by molar-refractivity contribution is 7.99. The number of nitrogens with zero attached hydrogens (tertiary/aromatic N) is 1. The summed E-state index contributed by atoms with van der Waals surface area (Å²) in [6.45, 7) is 4.28. The molecule has 20 heavy (non-hydrogen) atoms. The maximum atomic E-state index is 11.5. The number of hydrogen-bond donors (Lipinski definition) is 3. The van der Waals surface area contributed by atoms with Gasteiger partial charge in [-0.3, -0.25) is 10.1 Å². The zero-order valence-corrected chi connectivity index (χ0v) is 12.1. The fourth-order valence-corrected chi connectivity index (χ4v) is 2.35. The Morgan fingerprint density at radius 3 is 2.95 bits per heavy atom. The van der Waals surface area contributed by atoms with Crippen LogP contribution in [0.3, 0.4) is 0 Å². The lowest BCUT2D eigenvalue weighted by Gasteiger charge is -2.03. The zero-order valence-electron chi connectivity index (χ0n) is 11.3. The van der Waals surface area contributed by atoms with Crippen molar-refractivity contribution in [2.75, 3.05) is 12.3 Å². The van der Waals surface area contributed by atoms with Gasteiger partial charge < -0.3 is 10.3 Å². The molecule has 0 aliphatic heterocycles. The van der Waals surface area contributed by atoms with Crippen molar-refractivity contribution in [3.8, 4) is 0 Å². The van der Waals surface area contributed by atoms with Crippen LogP contribution in [0.5, 0.6) is 0 Å². The molecule has 0 saturated heterocycles. The van der Waals surface area contributed by atoms with Crippen LogP contribution >= 0.6 is 11.8 Å². The molecular formula is C13H16N4O2S. The van der Waals surface area contributed by atoms with Gasteiger partial charge in [0, 0.05) is 6.54 Å². The van der Waals surface area contributed by atoms with Crippen molar-refractivity contribution in [3.63, 3.8) is 0 Å². The van der Waals surface area contributed by atoms with E-state index in [4.69, 9.17) is 0 Å². The molecule has 106 valence electrons. The lowest BCUT2D eigenvalue weighted by Crippen LogP contribution is -2.40. The van der Waals surface area contributed by atoms with Crippen LogP contribution < -0.4 is 10.6 Å². The predicted molar refractivity (Wildman–Crippen MR) is 78.8 cm³/mol. The standard InChI is InChI=1S/C13H16N4O2S/c1-3-14-12(19)17-11(18)7-20-13-15-9-5-4-8(2)6-10(9)16-13/h4-6H,3,7H2,1-2H3,(H,15,16)(H2,14,17,18,19). The molecule has 0 saturated carbocycles. The van der Waals surface area contributed by atoms with Gasteiger partial charge in [-0.1, -0.05) is 17.8 Å². The fraction of sp³-hybridized carbons (Fsp3) is 0.308. The third kappa shape index (κ3) is 3.74. The van der Waals surface area contributed by atoms with Gasteiger partial charge in [-0.15, -0.1) is 0 Å². The summed E-state index contributed by atoms with van der Waals surface area (Å²) in [7, 11) is 0. The molecule has 0 radical (unpaired) electrons. The van der Waals surface area contributed by atoms with Gasteiger partial charge >= 0.3 is 6.03 Å². The van der Waals surface area contributed by atoms with Crippen LogP contribution in [-0.2, 0) is 4.79 Å². The van der Waals surface area contributed by atoms with Crippen molar-refractivity contribution in [2.24, 2.45) is 0 Å². The molecule has 0 unspecified atom stereocenters. The van der Waals surface area contributed by atoms with E-state index in [1.54, 1.807) is 6.92 Å². The first kappa shape index (κ1) is 14.4. The van der Waals surface area contributed by atoms with Crippen molar-refractivity contribution in [2.45, 2.75) is 19.0 Å². The molecule has 6 nitrogen and oxygen atoms in total.